The molecule has 0 aromatic heterocycles. The maximum atomic E-state index is 12.7. The van der Waals surface area contributed by atoms with Crippen LogP contribution in [0.25, 0.3) is 0 Å². The van der Waals surface area contributed by atoms with Gasteiger partial charge in [-0.3, -0.25) is 4.79 Å². The monoisotopic (exact) mass is 865 g/mol. The van der Waals surface area contributed by atoms with Crippen LogP contribution in [0, 0.1) is 0 Å². The molecule has 11 unspecified atom stereocenters. The smallest absolute Gasteiger partial charge is 0.306 e. The summed E-state index contributed by atoms with van der Waals surface area (Å²) in [5, 5.41) is 71.6. The molecule has 14 nitrogen and oxygen atoms in total. The molecule has 2 saturated heterocycles. The molecule has 0 saturated carbocycles. The van der Waals surface area contributed by atoms with Crippen molar-refractivity contribution in [3.05, 3.63) is 0 Å². The normalized spacial score (nSPS) is 27.6. The maximum Gasteiger partial charge on any atom is 0.306 e. The Balaban J connectivity index is 1.63. The standard InChI is InChI=1S/C46H88O14/c1-3-5-7-9-10-11-12-13-14-15-16-17-18-19-20-21-22-23-24-25-26-28-30-55-32-35(58-38(48)29-27-8-6-4-2)33-56-45-44(54)42(52)40(50)37(60-45)34-57-46-43(53)41(51)39(49)36(31-47)59-46/h35-37,39-47,49-54H,3-34H2,1-2H3. The van der Waals surface area contributed by atoms with Crippen LogP contribution in [0.3, 0.4) is 0 Å². The minimum Gasteiger partial charge on any atom is -0.457 e. The molecule has 0 aromatic carbocycles. The summed E-state index contributed by atoms with van der Waals surface area (Å²) >= 11 is 0. The molecule has 2 aliphatic rings. The highest BCUT2D eigenvalue weighted by Gasteiger charge is 2.47. The highest BCUT2D eigenvalue weighted by molar-refractivity contribution is 5.69. The van der Waals surface area contributed by atoms with Gasteiger partial charge in [-0.15, -0.1) is 0 Å². The Morgan fingerprint density at radius 3 is 1.35 bits per heavy atom. The lowest BCUT2D eigenvalue weighted by atomic mass is 9.98. The van der Waals surface area contributed by atoms with E-state index in [2.05, 4.69) is 13.8 Å². The van der Waals surface area contributed by atoms with Gasteiger partial charge in [-0.25, -0.2) is 0 Å². The molecule has 60 heavy (non-hydrogen) atoms. The van der Waals surface area contributed by atoms with Gasteiger partial charge in [0, 0.05) is 13.0 Å². The summed E-state index contributed by atoms with van der Waals surface area (Å²) in [4.78, 5) is 12.7. The predicted octanol–water partition coefficient (Wildman–Crippen LogP) is 6.13. The van der Waals surface area contributed by atoms with Crippen LogP contribution in [0.15, 0.2) is 0 Å². The number of carbonyl (C=O) groups excluding carboxylic acids is 1. The number of aliphatic hydroxyl groups excluding tert-OH is 7. The van der Waals surface area contributed by atoms with Crippen molar-refractivity contribution >= 4 is 5.97 Å². The van der Waals surface area contributed by atoms with Crippen molar-refractivity contribution in [1.29, 1.82) is 0 Å². The predicted molar refractivity (Wildman–Crippen MR) is 229 cm³/mol. The lowest BCUT2D eigenvalue weighted by Gasteiger charge is -2.42. The lowest BCUT2D eigenvalue weighted by molar-refractivity contribution is -0.332. The van der Waals surface area contributed by atoms with Crippen LogP contribution in [0.1, 0.15) is 187 Å². The fraction of sp³-hybridized carbons (Fsp3) is 0.978. The van der Waals surface area contributed by atoms with Gasteiger partial charge in [0.1, 0.15) is 54.9 Å². The van der Waals surface area contributed by atoms with Gasteiger partial charge < -0.3 is 64.2 Å². The molecule has 11 atom stereocenters. The van der Waals surface area contributed by atoms with Crippen LogP contribution >= 0.6 is 0 Å². The lowest BCUT2D eigenvalue weighted by Crippen LogP contribution is -2.61. The van der Waals surface area contributed by atoms with E-state index >= 15 is 0 Å². The zero-order chi connectivity index (χ0) is 43.8. The first kappa shape index (κ1) is 55.1. The number of carbonyl (C=O) groups is 1. The first-order chi connectivity index (χ1) is 29.1. The number of unbranched alkanes of at least 4 members (excludes halogenated alkanes) is 24. The van der Waals surface area contributed by atoms with Crippen molar-refractivity contribution < 1.29 is 69.0 Å². The molecule has 2 rings (SSSR count). The largest absolute Gasteiger partial charge is 0.457 e. The van der Waals surface area contributed by atoms with E-state index in [1.54, 1.807) is 0 Å². The Kier molecular flexibility index (Phi) is 32.5. The van der Waals surface area contributed by atoms with Gasteiger partial charge in [-0.1, -0.05) is 168 Å². The minimum atomic E-state index is -1.70. The third-order valence-electron chi connectivity index (χ3n) is 11.9. The fourth-order valence-corrected chi connectivity index (χ4v) is 7.87. The van der Waals surface area contributed by atoms with E-state index in [1.165, 1.54) is 122 Å². The first-order valence-electron chi connectivity index (χ1n) is 24.1. The maximum absolute atomic E-state index is 12.7. The molecule has 2 heterocycles. The second-order valence-corrected chi connectivity index (χ2v) is 17.3. The molecular formula is C46H88O14. The Morgan fingerprint density at radius 2 is 0.883 bits per heavy atom. The number of ether oxygens (including phenoxy) is 6. The van der Waals surface area contributed by atoms with Crippen molar-refractivity contribution in [2.24, 2.45) is 0 Å². The summed E-state index contributed by atoms with van der Waals surface area (Å²) in [6, 6.07) is 0. The molecular weight excluding hydrogens is 776 g/mol. The number of aliphatic hydroxyl groups is 7. The molecule has 356 valence electrons. The highest BCUT2D eigenvalue weighted by atomic mass is 16.7. The van der Waals surface area contributed by atoms with Crippen LogP contribution in [0.2, 0.25) is 0 Å². The summed E-state index contributed by atoms with van der Waals surface area (Å²) < 4.78 is 33.9. The molecule has 0 bridgehead atoms. The van der Waals surface area contributed by atoms with Crippen molar-refractivity contribution in [3.63, 3.8) is 0 Å². The molecule has 7 N–H and O–H groups in total. The van der Waals surface area contributed by atoms with Gasteiger partial charge in [0.15, 0.2) is 12.6 Å². The van der Waals surface area contributed by atoms with Crippen molar-refractivity contribution in [1.82, 2.24) is 0 Å². The molecule has 2 fully saturated rings. The van der Waals surface area contributed by atoms with Gasteiger partial charge in [0.25, 0.3) is 0 Å². The third kappa shape index (κ3) is 23.6. The Hall–Kier alpha value is -1.01. The average molecular weight is 865 g/mol. The second-order valence-electron chi connectivity index (χ2n) is 17.3. The minimum absolute atomic E-state index is 0.0671. The van der Waals surface area contributed by atoms with Gasteiger partial charge in [0.05, 0.1) is 26.4 Å². The molecule has 0 spiro atoms. The molecule has 2 aliphatic heterocycles. The highest BCUT2D eigenvalue weighted by Crippen LogP contribution is 2.26. The van der Waals surface area contributed by atoms with Gasteiger partial charge >= 0.3 is 5.97 Å². The quantitative estimate of drug-likeness (QED) is 0.0275. The summed E-state index contributed by atoms with van der Waals surface area (Å²) in [7, 11) is 0. The number of hydrogen-bond acceptors (Lipinski definition) is 14. The zero-order valence-corrected chi connectivity index (χ0v) is 37.5. The number of rotatable bonds is 38. The first-order valence-corrected chi connectivity index (χ1v) is 24.1. The Bertz CT molecular complexity index is 1010. The molecule has 0 amide bonds. The van der Waals surface area contributed by atoms with Crippen LogP contribution < -0.4 is 0 Å². The SMILES string of the molecule is CCCCCCCCCCCCCCCCCCCCCCCCOCC(COC1OC(COC2OC(CO)C(O)C(O)C2O)C(O)C(O)C1O)OC(=O)CCCCCC. The van der Waals surface area contributed by atoms with E-state index in [4.69, 9.17) is 28.4 Å². The van der Waals surface area contributed by atoms with Crippen LogP contribution in [-0.2, 0) is 33.2 Å². The summed E-state index contributed by atoms with van der Waals surface area (Å²) in [5.41, 5.74) is 0. The van der Waals surface area contributed by atoms with Gasteiger partial charge in [-0.2, -0.15) is 0 Å². The summed E-state index contributed by atoms with van der Waals surface area (Å²) in [6.45, 7) is 3.58. The number of hydrogen-bond donors (Lipinski definition) is 7. The number of esters is 1. The fourth-order valence-electron chi connectivity index (χ4n) is 7.87. The van der Waals surface area contributed by atoms with E-state index in [9.17, 15) is 40.5 Å². The van der Waals surface area contributed by atoms with Crippen LogP contribution in [0.4, 0.5) is 0 Å². The van der Waals surface area contributed by atoms with E-state index < -0.39 is 80.7 Å². The molecule has 0 radical (unpaired) electrons. The van der Waals surface area contributed by atoms with E-state index in [1.807, 2.05) is 0 Å². The van der Waals surface area contributed by atoms with Gasteiger partial charge in [-0.05, 0) is 12.8 Å². The third-order valence-corrected chi connectivity index (χ3v) is 11.9. The zero-order valence-electron chi connectivity index (χ0n) is 37.5. The molecule has 14 heteroatoms. The topological polar surface area (TPSA) is 214 Å². The van der Waals surface area contributed by atoms with Crippen molar-refractivity contribution in [3.8, 4) is 0 Å². The average Bonchev–Trinajstić information content (AvgIpc) is 3.24. The Labute approximate surface area is 362 Å². The van der Waals surface area contributed by atoms with E-state index in [0.717, 1.165) is 38.5 Å². The summed E-state index contributed by atoms with van der Waals surface area (Å²) in [5.74, 6) is -0.390. The second kappa shape index (κ2) is 35.4. The van der Waals surface area contributed by atoms with E-state index in [0.29, 0.717) is 13.0 Å². The van der Waals surface area contributed by atoms with Crippen molar-refractivity contribution in [2.75, 3.05) is 33.0 Å². The Morgan fingerprint density at radius 1 is 0.483 bits per heavy atom. The molecule has 0 aromatic rings. The van der Waals surface area contributed by atoms with Gasteiger partial charge in [0.2, 0.25) is 0 Å². The van der Waals surface area contributed by atoms with E-state index in [-0.39, 0.29) is 25.6 Å². The summed E-state index contributed by atoms with van der Waals surface area (Å²) in [6.07, 6.45) is 16.9. The van der Waals surface area contributed by atoms with Crippen molar-refractivity contribution in [2.45, 2.75) is 255 Å². The molecule has 0 aliphatic carbocycles. The van der Waals surface area contributed by atoms with Crippen LogP contribution in [-0.4, -0.2) is 142 Å². The van der Waals surface area contributed by atoms with Crippen LogP contribution in [0.5, 0.6) is 0 Å².